The monoisotopic (exact) mass is 1560 g/mol. The Kier molecular flexibility index (Phi) is 86.1. The Bertz CT molecular complexity index is 1560. The Morgan fingerprint density at radius 1 is 0.171 bits per heavy atom. The molecule has 0 aromatic heterocycles. The number of ether oxygens (including phenoxy) is 3. The zero-order valence-corrected chi connectivity index (χ0v) is 76.7. The van der Waals surface area contributed by atoms with Crippen molar-refractivity contribution in [3.63, 3.8) is 0 Å². The summed E-state index contributed by atoms with van der Waals surface area (Å²) in [7, 11) is 0. The zero-order valence-electron chi connectivity index (χ0n) is 76.7. The molecule has 0 bridgehead atoms. The largest absolute Gasteiger partial charge is 0.465 e. The molecule has 0 heterocycles. The second-order valence-corrected chi connectivity index (χ2v) is 36.2. The first-order chi connectivity index (χ1) is 54.8. The summed E-state index contributed by atoms with van der Waals surface area (Å²) in [6.45, 7) is 24.5. The van der Waals surface area contributed by atoms with E-state index in [0.29, 0.717) is 39.1 Å². The molecule has 0 atom stereocenters. The van der Waals surface area contributed by atoms with Crippen molar-refractivity contribution in [3.8, 4) is 0 Å². The zero-order chi connectivity index (χ0) is 80.0. The van der Waals surface area contributed by atoms with Crippen LogP contribution in [0.4, 0.5) is 0 Å². The van der Waals surface area contributed by atoms with Crippen LogP contribution in [0.2, 0.25) is 0 Å². The molecule has 0 aromatic rings. The van der Waals surface area contributed by atoms with Gasteiger partial charge in [-0.15, -0.1) is 0 Å². The SMILES string of the molecule is CCCCCCCCCCCCCCN(CCCCCCCCCCCCCC)CCCOC(=O)C1CC(C(=O)OCCCN(CCCCCCCCCCCCCC)CCCCCCCCCCCCCC)CC(C(=O)OCCCN(CCCCCCCCCCCCCC)CCCCCCCCCCCCCC)C1. The number of hydrogen-bond acceptors (Lipinski definition) is 9. The van der Waals surface area contributed by atoms with Crippen LogP contribution >= 0.6 is 0 Å². The highest BCUT2D eigenvalue weighted by molar-refractivity contribution is 5.80. The van der Waals surface area contributed by atoms with Gasteiger partial charge in [-0.1, -0.05) is 465 Å². The average molecular weight is 1570 g/mol. The first-order valence-electron chi connectivity index (χ1n) is 51.5. The van der Waals surface area contributed by atoms with E-state index in [-0.39, 0.29) is 17.9 Å². The number of hydrogen-bond donors (Lipinski definition) is 0. The van der Waals surface area contributed by atoms with E-state index in [1.807, 2.05) is 0 Å². The van der Waals surface area contributed by atoms with E-state index >= 15 is 0 Å². The van der Waals surface area contributed by atoms with E-state index in [1.165, 1.54) is 462 Å². The van der Waals surface area contributed by atoms with Crippen molar-refractivity contribution >= 4 is 17.9 Å². The third-order valence-electron chi connectivity index (χ3n) is 25.3. The molecule has 1 rings (SSSR count). The van der Waals surface area contributed by atoms with Crippen LogP contribution in [-0.4, -0.2) is 111 Å². The highest BCUT2D eigenvalue weighted by Gasteiger charge is 2.41. The maximum absolute atomic E-state index is 14.4. The van der Waals surface area contributed by atoms with E-state index < -0.39 is 17.8 Å². The average Bonchev–Trinajstić information content (AvgIpc) is 0.827. The van der Waals surface area contributed by atoms with Gasteiger partial charge in [-0.05, 0) is 116 Å². The van der Waals surface area contributed by atoms with Gasteiger partial charge in [0.15, 0.2) is 0 Å². The summed E-state index contributed by atoms with van der Waals surface area (Å²) in [5.74, 6) is -2.36. The highest BCUT2D eigenvalue weighted by Crippen LogP contribution is 2.36. The molecule has 1 aliphatic rings. The summed E-state index contributed by atoms with van der Waals surface area (Å²) in [6, 6.07) is 0. The van der Waals surface area contributed by atoms with E-state index in [9.17, 15) is 14.4 Å². The fourth-order valence-electron chi connectivity index (χ4n) is 17.7. The molecule has 0 N–H and O–H groups in total. The molecule has 660 valence electrons. The van der Waals surface area contributed by atoms with Crippen LogP contribution in [0, 0.1) is 17.8 Å². The van der Waals surface area contributed by atoms with Gasteiger partial charge < -0.3 is 28.9 Å². The number of nitrogens with zero attached hydrogens (tertiary/aromatic N) is 3. The van der Waals surface area contributed by atoms with Gasteiger partial charge in [0.1, 0.15) is 0 Å². The fourth-order valence-corrected chi connectivity index (χ4v) is 17.7. The summed E-state index contributed by atoms with van der Waals surface area (Å²) in [4.78, 5) is 51.2. The van der Waals surface area contributed by atoms with E-state index in [0.717, 1.165) is 78.2 Å². The first-order valence-corrected chi connectivity index (χ1v) is 51.5. The number of carbonyl (C=O) groups is 3. The molecule has 1 saturated carbocycles. The Balaban J connectivity index is 3.15. The van der Waals surface area contributed by atoms with Gasteiger partial charge in [-0.3, -0.25) is 14.4 Å². The van der Waals surface area contributed by atoms with Crippen LogP contribution in [0.1, 0.15) is 542 Å². The van der Waals surface area contributed by atoms with E-state index in [4.69, 9.17) is 14.2 Å². The van der Waals surface area contributed by atoms with Crippen LogP contribution in [0.5, 0.6) is 0 Å². The van der Waals surface area contributed by atoms with Crippen molar-refractivity contribution < 1.29 is 28.6 Å². The molecular formula is C102H201N3O6. The number of esters is 3. The van der Waals surface area contributed by atoms with Crippen molar-refractivity contribution in [1.82, 2.24) is 14.7 Å². The third-order valence-corrected chi connectivity index (χ3v) is 25.3. The maximum atomic E-state index is 14.4. The van der Waals surface area contributed by atoms with Crippen molar-refractivity contribution in [2.45, 2.75) is 542 Å². The lowest BCUT2D eigenvalue weighted by molar-refractivity contribution is -0.161. The minimum atomic E-state index is -0.532. The van der Waals surface area contributed by atoms with Gasteiger partial charge in [0, 0.05) is 19.6 Å². The minimum absolute atomic E-state index is 0.253. The van der Waals surface area contributed by atoms with Crippen LogP contribution in [-0.2, 0) is 28.6 Å². The molecule has 0 amide bonds. The Hall–Kier alpha value is -1.71. The van der Waals surface area contributed by atoms with Crippen LogP contribution in [0.15, 0.2) is 0 Å². The first kappa shape index (κ1) is 107. The second-order valence-electron chi connectivity index (χ2n) is 36.2. The van der Waals surface area contributed by atoms with Gasteiger partial charge in [0.25, 0.3) is 0 Å². The van der Waals surface area contributed by atoms with Crippen LogP contribution < -0.4 is 0 Å². The van der Waals surface area contributed by atoms with E-state index in [1.54, 1.807) is 0 Å². The smallest absolute Gasteiger partial charge is 0.308 e. The third kappa shape index (κ3) is 75.5. The predicted molar refractivity (Wildman–Crippen MR) is 487 cm³/mol. The Labute approximate surface area is 696 Å². The lowest BCUT2D eigenvalue weighted by Gasteiger charge is -2.31. The molecule has 0 saturated heterocycles. The number of carbonyl (C=O) groups excluding carboxylic acids is 3. The molecule has 1 fully saturated rings. The Morgan fingerprint density at radius 3 is 0.405 bits per heavy atom. The maximum Gasteiger partial charge on any atom is 0.308 e. The van der Waals surface area contributed by atoms with Crippen molar-refractivity contribution in [2.75, 3.05) is 78.7 Å². The molecule has 0 aliphatic heterocycles. The fraction of sp³-hybridized carbons (Fsp3) is 0.971. The summed E-state index contributed by atoms with van der Waals surface area (Å²) in [6.07, 6.45) is 102. The number of rotatable bonds is 93. The molecule has 111 heavy (non-hydrogen) atoms. The standard InChI is InChI=1S/C102H201N3O6/c1-7-13-19-25-31-37-43-49-55-61-67-73-82-103(83-74-68-62-56-50-44-38-32-26-20-14-8-2)88-79-91-109-100(106)97-94-98(101(107)110-92-80-89-104(84-75-69-63-57-51-45-39-33-27-21-15-9-3)85-76-70-64-58-52-46-40-34-28-22-16-10-4)96-99(95-97)102(108)111-93-81-90-105(86-77-71-65-59-53-47-41-35-29-23-17-11-5)87-78-72-66-60-54-48-42-36-30-24-18-12-6/h97-99H,7-96H2,1-6H3. The minimum Gasteiger partial charge on any atom is -0.465 e. The second kappa shape index (κ2) is 89.1. The van der Waals surface area contributed by atoms with Gasteiger partial charge in [0.05, 0.1) is 37.6 Å². The van der Waals surface area contributed by atoms with Gasteiger partial charge in [-0.2, -0.15) is 0 Å². The number of unbranched alkanes of at least 4 members (excludes halogenated alkanes) is 66. The molecule has 0 spiro atoms. The lowest BCUT2D eigenvalue weighted by Crippen LogP contribution is -2.37. The lowest BCUT2D eigenvalue weighted by atomic mass is 9.75. The van der Waals surface area contributed by atoms with Crippen molar-refractivity contribution in [2.24, 2.45) is 17.8 Å². The molecule has 0 radical (unpaired) electrons. The Morgan fingerprint density at radius 2 is 0.279 bits per heavy atom. The summed E-state index contributed by atoms with van der Waals surface area (Å²) in [5, 5.41) is 0. The predicted octanol–water partition coefficient (Wildman–Crippen LogP) is 31.9. The highest BCUT2D eigenvalue weighted by atomic mass is 16.5. The summed E-state index contributed by atoms with van der Waals surface area (Å²) in [5.41, 5.74) is 0. The normalized spacial score (nSPS) is 14.6. The molecule has 1 aliphatic carbocycles. The molecular weight excluding hydrogens is 1360 g/mol. The molecule has 9 heteroatoms. The molecule has 0 unspecified atom stereocenters. The molecule has 0 aromatic carbocycles. The van der Waals surface area contributed by atoms with Crippen LogP contribution in [0.25, 0.3) is 0 Å². The van der Waals surface area contributed by atoms with Crippen molar-refractivity contribution in [1.29, 1.82) is 0 Å². The van der Waals surface area contributed by atoms with Crippen molar-refractivity contribution in [3.05, 3.63) is 0 Å². The summed E-state index contributed by atoms with van der Waals surface area (Å²) < 4.78 is 18.7. The molecule has 9 nitrogen and oxygen atoms in total. The summed E-state index contributed by atoms with van der Waals surface area (Å²) >= 11 is 0. The van der Waals surface area contributed by atoms with E-state index in [2.05, 4.69) is 56.2 Å². The van der Waals surface area contributed by atoms with Gasteiger partial charge >= 0.3 is 17.9 Å². The topological polar surface area (TPSA) is 88.6 Å². The quantitative estimate of drug-likeness (QED) is 0.0336. The van der Waals surface area contributed by atoms with Crippen LogP contribution in [0.3, 0.4) is 0 Å². The van der Waals surface area contributed by atoms with Gasteiger partial charge in [-0.25, -0.2) is 0 Å². The van der Waals surface area contributed by atoms with Gasteiger partial charge in [0.2, 0.25) is 0 Å².